The summed E-state index contributed by atoms with van der Waals surface area (Å²) >= 11 is 0. The second-order valence-electron chi connectivity index (χ2n) is 5.59. The Morgan fingerprint density at radius 2 is 1.89 bits per heavy atom. The summed E-state index contributed by atoms with van der Waals surface area (Å²) in [5.41, 5.74) is -1.87. The van der Waals surface area contributed by atoms with Gasteiger partial charge in [-0.15, -0.1) is 0 Å². The van der Waals surface area contributed by atoms with Gasteiger partial charge in [0.05, 0.1) is 17.3 Å². The standard InChI is InChI=1S/C16H13F4N7O/c1-9(13-23-8-24-27(13)14-21-5-2-6-22-14)25-15(28)26-12-4-3-10(17)7-11(12)16(18,19)20/h2-9H,1H3,(H2,25,26,28)/t9-/m0/s1. The van der Waals surface area contributed by atoms with Crippen LogP contribution in [0.25, 0.3) is 5.95 Å². The lowest BCUT2D eigenvalue weighted by molar-refractivity contribution is -0.137. The van der Waals surface area contributed by atoms with Crippen LogP contribution in [0.15, 0.2) is 43.0 Å². The van der Waals surface area contributed by atoms with Crippen LogP contribution < -0.4 is 10.6 Å². The first-order valence-electron chi connectivity index (χ1n) is 7.87. The van der Waals surface area contributed by atoms with Crippen LogP contribution >= 0.6 is 0 Å². The third-order valence-electron chi connectivity index (χ3n) is 3.59. The van der Waals surface area contributed by atoms with Gasteiger partial charge in [-0.25, -0.2) is 24.1 Å². The Hall–Kier alpha value is -3.57. The molecular formula is C16H13F4N7O. The Balaban J connectivity index is 1.76. The molecular weight excluding hydrogens is 382 g/mol. The molecule has 8 nitrogen and oxygen atoms in total. The van der Waals surface area contributed by atoms with Crippen LogP contribution in [0.2, 0.25) is 0 Å². The topological polar surface area (TPSA) is 97.6 Å². The second-order valence-corrected chi connectivity index (χ2v) is 5.59. The normalized spacial score (nSPS) is 12.5. The maximum absolute atomic E-state index is 13.2. The van der Waals surface area contributed by atoms with Gasteiger partial charge in [-0.05, 0) is 31.2 Å². The van der Waals surface area contributed by atoms with E-state index >= 15 is 0 Å². The zero-order chi connectivity index (χ0) is 20.3. The molecule has 0 unspecified atom stereocenters. The zero-order valence-electron chi connectivity index (χ0n) is 14.3. The van der Waals surface area contributed by atoms with Gasteiger partial charge in [0.15, 0.2) is 5.82 Å². The summed E-state index contributed by atoms with van der Waals surface area (Å²) in [5, 5.41) is 8.49. The van der Waals surface area contributed by atoms with Gasteiger partial charge in [0.1, 0.15) is 12.1 Å². The Labute approximate surface area is 155 Å². The predicted molar refractivity (Wildman–Crippen MR) is 88.9 cm³/mol. The summed E-state index contributed by atoms with van der Waals surface area (Å²) in [6.07, 6.45) is -0.623. The molecule has 28 heavy (non-hydrogen) atoms. The molecule has 2 N–H and O–H groups in total. The van der Waals surface area contributed by atoms with E-state index in [0.29, 0.717) is 6.07 Å². The molecule has 2 amide bonds. The summed E-state index contributed by atoms with van der Waals surface area (Å²) in [6.45, 7) is 1.55. The van der Waals surface area contributed by atoms with Crippen LogP contribution in [-0.4, -0.2) is 30.8 Å². The van der Waals surface area contributed by atoms with Crippen LogP contribution in [0.3, 0.4) is 0 Å². The number of benzene rings is 1. The van der Waals surface area contributed by atoms with Gasteiger partial charge in [-0.3, -0.25) is 0 Å². The Morgan fingerprint density at radius 1 is 1.18 bits per heavy atom. The van der Waals surface area contributed by atoms with Crippen molar-refractivity contribution in [3.63, 3.8) is 0 Å². The first-order valence-corrected chi connectivity index (χ1v) is 7.87. The van der Waals surface area contributed by atoms with Gasteiger partial charge in [0.25, 0.3) is 5.95 Å². The van der Waals surface area contributed by atoms with Crippen molar-refractivity contribution in [2.75, 3.05) is 5.32 Å². The lowest BCUT2D eigenvalue weighted by atomic mass is 10.1. The van der Waals surface area contributed by atoms with Gasteiger partial charge < -0.3 is 10.6 Å². The van der Waals surface area contributed by atoms with Crippen LogP contribution in [0.5, 0.6) is 0 Å². The van der Waals surface area contributed by atoms with E-state index < -0.39 is 35.3 Å². The molecule has 2 heterocycles. The fourth-order valence-corrected chi connectivity index (χ4v) is 2.38. The third kappa shape index (κ3) is 4.22. The highest BCUT2D eigenvalue weighted by Gasteiger charge is 2.34. The van der Waals surface area contributed by atoms with E-state index in [1.165, 1.54) is 23.4 Å². The molecule has 3 rings (SSSR count). The molecule has 12 heteroatoms. The summed E-state index contributed by atoms with van der Waals surface area (Å²) in [4.78, 5) is 24.2. The summed E-state index contributed by atoms with van der Waals surface area (Å²) in [5.74, 6) is -0.596. The predicted octanol–water partition coefficient (Wildman–Crippen LogP) is 3.10. The summed E-state index contributed by atoms with van der Waals surface area (Å²) in [7, 11) is 0. The number of rotatable bonds is 4. The average Bonchev–Trinajstić information content (AvgIpc) is 3.13. The van der Waals surface area contributed by atoms with E-state index in [9.17, 15) is 22.4 Å². The van der Waals surface area contributed by atoms with Crippen molar-refractivity contribution < 1.29 is 22.4 Å². The molecule has 0 radical (unpaired) electrons. The van der Waals surface area contributed by atoms with E-state index in [2.05, 4.69) is 30.7 Å². The molecule has 0 aliphatic rings. The smallest absolute Gasteiger partial charge is 0.328 e. The van der Waals surface area contributed by atoms with Gasteiger partial charge in [-0.2, -0.15) is 23.0 Å². The van der Waals surface area contributed by atoms with Crippen LogP contribution in [-0.2, 0) is 6.18 Å². The number of halogens is 4. The van der Waals surface area contributed by atoms with E-state index in [1.54, 1.807) is 13.0 Å². The molecule has 0 aliphatic carbocycles. The van der Waals surface area contributed by atoms with E-state index in [1.807, 2.05) is 0 Å². The highest BCUT2D eigenvalue weighted by atomic mass is 19.4. The second kappa shape index (κ2) is 7.58. The molecule has 146 valence electrons. The minimum absolute atomic E-state index is 0.210. The lowest BCUT2D eigenvalue weighted by Gasteiger charge is -2.17. The van der Waals surface area contributed by atoms with E-state index in [0.717, 1.165) is 12.1 Å². The van der Waals surface area contributed by atoms with E-state index in [-0.39, 0.29) is 11.8 Å². The first-order chi connectivity index (χ1) is 13.3. The first kappa shape index (κ1) is 19.2. The number of hydrogen-bond donors (Lipinski definition) is 2. The highest BCUT2D eigenvalue weighted by molar-refractivity contribution is 5.90. The highest BCUT2D eigenvalue weighted by Crippen LogP contribution is 2.35. The van der Waals surface area contributed by atoms with Crippen molar-refractivity contribution in [2.24, 2.45) is 0 Å². The Morgan fingerprint density at radius 3 is 2.57 bits per heavy atom. The van der Waals surface area contributed by atoms with Crippen molar-refractivity contribution in [2.45, 2.75) is 19.1 Å². The number of nitrogens with one attached hydrogen (secondary N) is 2. The lowest BCUT2D eigenvalue weighted by Crippen LogP contribution is -2.33. The fraction of sp³-hybridized carbons (Fsp3) is 0.188. The minimum atomic E-state index is -4.83. The Kier molecular flexibility index (Phi) is 5.20. The van der Waals surface area contributed by atoms with Crippen LogP contribution in [0.1, 0.15) is 24.4 Å². The molecule has 1 atom stereocenters. The van der Waals surface area contributed by atoms with Crippen LogP contribution in [0.4, 0.5) is 28.0 Å². The van der Waals surface area contributed by atoms with Crippen molar-refractivity contribution in [3.05, 3.63) is 60.2 Å². The van der Waals surface area contributed by atoms with E-state index in [4.69, 9.17) is 0 Å². The third-order valence-corrected chi connectivity index (χ3v) is 3.59. The maximum Gasteiger partial charge on any atom is 0.418 e. The van der Waals surface area contributed by atoms with Gasteiger partial charge >= 0.3 is 12.2 Å². The summed E-state index contributed by atoms with van der Waals surface area (Å²) < 4.78 is 53.5. The average molecular weight is 395 g/mol. The number of carbonyl (C=O) groups excluding carboxylic acids is 1. The number of hydrogen-bond acceptors (Lipinski definition) is 5. The number of anilines is 1. The molecule has 0 saturated heterocycles. The number of nitrogens with zero attached hydrogens (tertiary/aromatic N) is 5. The SMILES string of the molecule is C[C@H](NC(=O)Nc1ccc(F)cc1C(F)(F)F)c1ncnn1-c1ncccn1. The number of carbonyl (C=O) groups is 1. The van der Waals surface area contributed by atoms with Crippen molar-refractivity contribution in [1.29, 1.82) is 0 Å². The molecule has 1 aromatic carbocycles. The number of amides is 2. The molecule has 0 aliphatic heterocycles. The molecule has 2 aromatic heterocycles. The maximum atomic E-state index is 13.2. The number of urea groups is 1. The van der Waals surface area contributed by atoms with Crippen LogP contribution in [0, 0.1) is 5.82 Å². The zero-order valence-corrected chi connectivity index (χ0v) is 14.3. The monoisotopic (exact) mass is 395 g/mol. The molecule has 0 fully saturated rings. The van der Waals surface area contributed by atoms with Crippen molar-refractivity contribution in [1.82, 2.24) is 30.0 Å². The van der Waals surface area contributed by atoms with Gasteiger partial charge in [-0.1, -0.05) is 0 Å². The minimum Gasteiger partial charge on any atom is -0.328 e. The molecule has 3 aromatic rings. The summed E-state index contributed by atoms with van der Waals surface area (Å²) in [6, 6.07) is 1.88. The molecule has 0 spiro atoms. The van der Waals surface area contributed by atoms with Crippen molar-refractivity contribution in [3.8, 4) is 5.95 Å². The largest absolute Gasteiger partial charge is 0.418 e. The Bertz CT molecular complexity index is 975. The fourth-order valence-electron chi connectivity index (χ4n) is 2.38. The van der Waals surface area contributed by atoms with Gasteiger partial charge in [0, 0.05) is 12.4 Å². The quantitative estimate of drug-likeness (QED) is 0.662. The number of alkyl halides is 3. The molecule has 0 bridgehead atoms. The molecule has 0 saturated carbocycles. The van der Waals surface area contributed by atoms with Crippen molar-refractivity contribution >= 4 is 11.7 Å². The number of aromatic nitrogens is 5. The van der Waals surface area contributed by atoms with Gasteiger partial charge in [0.2, 0.25) is 0 Å².